The van der Waals surface area contributed by atoms with E-state index in [4.69, 9.17) is 4.74 Å². The number of rotatable bonds is 9. The van der Waals surface area contributed by atoms with Crippen molar-refractivity contribution in [1.82, 2.24) is 24.5 Å². The van der Waals surface area contributed by atoms with E-state index in [0.717, 1.165) is 33.7 Å². The van der Waals surface area contributed by atoms with Crippen LogP contribution in [0.1, 0.15) is 69.0 Å². The van der Waals surface area contributed by atoms with Crippen molar-refractivity contribution < 1.29 is 13.9 Å². The third-order valence-electron chi connectivity index (χ3n) is 6.02. The van der Waals surface area contributed by atoms with Crippen LogP contribution in [0, 0.1) is 18.7 Å². The molecule has 0 unspecified atom stereocenters. The molecule has 0 atom stereocenters. The van der Waals surface area contributed by atoms with Gasteiger partial charge < -0.3 is 14.5 Å². The minimum atomic E-state index is -0.369. The summed E-state index contributed by atoms with van der Waals surface area (Å²) in [5, 5.41) is 7.56. The number of Topliss-reactive ketones (excluding diaryl/α,β-unsaturated/α-hetero) is 1. The fourth-order valence-corrected chi connectivity index (χ4v) is 4.04. The Balaban J connectivity index is 0.00000121. The highest BCUT2D eigenvalue weighted by atomic mass is 19.1. The number of nitrogens with one attached hydrogen (secondary N) is 1. The molecule has 0 bridgehead atoms. The van der Waals surface area contributed by atoms with Crippen molar-refractivity contribution in [1.29, 1.82) is 0 Å². The van der Waals surface area contributed by atoms with Gasteiger partial charge in [0, 0.05) is 60.6 Å². The van der Waals surface area contributed by atoms with Gasteiger partial charge in [0.1, 0.15) is 22.9 Å². The van der Waals surface area contributed by atoms with E-state index in [9.17, 15) is 9.18 Å². The average molecular weight is 524 g/mol. The number of pyridine rings is 1. The number of hydrogen-bond donors (Lipinski definition) is 1. The highest BCUT2D eigenvalue weighted by Crippen LogP contribution is 2.31. The van der Waals surface area contributed by atoms with Gasteiger partial charge in [0.15, 0.2) is 5.78 Å². The fourth-order valence-electron chi connectivity index (χ4n) is 4.04. The number of ether oxygens (including phenoxy) is 1. The first-order valence-corrected chi connectivity index (χ1v) is 13.4. The molecule has 1 N–H and O–H groups in total. The summed E-state index contributed by atoms with van der Waals surface area (Å²) in [7, 11) is 3.72. The average Bonchev–Trinajstić information content (AvgIpc) is 3.46. The van der Waals surface area contributed by atoms with Crippen LogP contribution in [0.4, 0.5) is 4.39 Å². The largest absolute Gasteiger partial charge is 0.492 e. The van der Waals surface area contributed by atoms with Crippen LogP contribution in [0.25, 0.3) is 16.8 Å². The summed E-state index contributed by atoms with van der Waals surface area (Å²) in [6.45, 7) is 14.6. The molecular weight excluding hydrogens is 481 g/mol. The molecular formula is C30H42FN5O2. The number of aromatic nitrogens is 4. The first-order chi connectivity index (χ1) is 18.3. The molecule has 0 aliphatic heterocycles. The molecule has 0 amide bonds. The molecule has 38 heavy (non-hydrogen) atoms. The number of ketones is 1. The van der Waals surface area contributed by atoms with E-state index in [1.807, 2.05) is 91.5 Å². The zero-order valence-corrected chi connectivity index (χ0v) is 24.2. The lowest BCUT2D eigenvalue weighted by Gasteiger charge is -2.13. The lowest BCUT2D eigenvalue weighted by atomic mass is 10.0. The van der Waals surface area contributed by atoms with Crippen LogP contribution in [-0.4, -0.2) is 38.6 Å². The summed E-state index contributed by atoms with van der Waals surface area (Å²) in [5.41, 5.74) is 5.83. The maximum atomic E-state index is 14.1. The molecule has 0 spiro atoms. The third kappa shape index (κ3) is 6.86. The van der Waals surface area contributed by atoms with Crippen LogP contribution in [-0.2, 0) is 20.0 Å². The minimum Gasteiger partial charge on any atom is -0.492 e. The molecule has 0 fully saturated rings. The summed E-state index contributed by atoms with van der Waals surface area (Å²) < 4.78 is 24.0. The predicted octanol–water partition coefficient (Wildman–Crippen LogP) is 6.41. The highest BCUT2D eigenvalue weighted by Gasteiger charge is 2.22. The molecule has 4 aromatic rings. The lowest BCUT2D eigenvalue weighted by molar-refractivity contribution is 0.0932. The third-order valence-corrected chi connectivity index (χ3v) is 6.02. The van der Waals surface area contributed by atoms with Gasteiger partial charge in [-0.2, -0.15) is 5.10 Å². The molecule has 8 heteroatoms. The second-order valence-corrected chi connectivity index (χ2v) is 8.72. The second-order valence-electron chi connectivity index (χ2n) is 8.72. The number of fused-ring (bicyclic) bond motifs is 1. The number of aryl methyl sites for hydroxylation is 1. The monoisotopic (exact) mass is 523 g/mol. The molecule has 0 saturated carbocycles. The number of halogens is 1. The molecule has 3 heterocycles. The van der Waals surface area contributed by atoms with Crippen molar-refractivity contribution in [2.75, 3.05) is 13.7 Å². The first-order valence-electron chi connectivity index (χ1n) is 13.4. The van der Waals surface area contributed by atoms with Gasteiger partial charge in [-0.3, -0.25) is 9.48 Å². The maximum Gasteiger partial charge on any atom is 0.185 e. The van der Waals surface area contributed by atoms with Crippen molar-refractivity contribution in [2.24, 2.45) is 13.0 Å². The first kappa shape index (κ1) is 30.7. The van der Waals surface area contributed by atoms with Gasteiger partial charge in [0.05, 0.1) is 18.5 Å². The Hall–Kier alpha value is -3.52. The van der Waals surface area contributed by atoms with E-state index in [-0.39, 0.29) is 17.5 Å². The van der Waals surface area contributed by atoms with E-state index in [1.165, 1.54) is 12.1 Å². The van der Waals surface area contributed by atoms with Gasteiger partial charge >= 0.3 is 0 Å². The van der Waals surface area contributed by atoms with Gasteiger partial charge in [-0.1, -0.05) is 41.5 Å². The van der Waals surface area contributed by atoms with Crippen LogP contribution >= 0.6 is 0 Å². The van der Waals surface area contributed by atoms with E-state index < -0.39 is 0 Å². The summed E-state index contributed by atoms with van der Waals surface area (Å²) in [4.78, 5) is 17.1. The van der Waals surface area contributed by atoms with Gasteiger partial charge in [0.2, 0.25) is 0 Å². The van der Waals surface area contributed by atoms with E-state index in [0.29, 0.717) is 31.0 Å². The van der Waals surface area contributed by atoms with E-state index in [2.05, 4.69) is 15.4 Å². The molecule has 206 valence electrons. The Morgan fingerprint density at radius 1 is 1.13 bits per heavy atom. The van der Waals surface area contributed by atoms with Crippen LogP contribution < -0.4 is 10.1 Å². The SMILES string of the molecule is CC.CC.CNCc1cnc2ccc(-c3ccc(F)cc3OCCc3c(C(=O)C(C)C)nn(C)c3C)cn12. The number of hydrogen-bond acceptors (Lipinski definition) is 5. The lowest BCUT2D eigenvalue weighted by Crippen LogP contribution is -2.13. The zero-order valence-electron chi connectivity index (χ0n) is 24.2. The molecule has 0 aliphatic rings. The number of benzene rings is 1. The van der Waals surface area contributed by atoms with Gasteiger partial charge in [-0.15, -0.1) is 0 Å². The standard InChI is InChI=1S/C26H30FN5O2.2C2H6/c1-16(2)26(33)25-21(17(3)31(5)30-25)10-11-34-23-12-19(27)7-8-22(23)18-6-9-24-29-14-20(13-28-4)32(24)15-18;2*1-2/h6-9,12,14-16,28H,10-11,13H2,1-5H3;2*1-2H3. The second kappa shape index (κ2) is 14.4. The van der Waals surface area contributed by atoms with Crippen molar-refractivity contribution in [2.45, 2.75) is 61.4 Å². The van der Waals surface area contributed by atoms with Crippen molar-refractivity contribution in [3.05, 3.63) is 71.2 Å². The van der Waals surface area contributed by atoms with Crippen molar-refractivity contribution in [3.63, 3.8) is 0 Å². The normalized spacial score (nSPS) is 10.6. The number of carbonyl (C=O) groups excluding carboxylic acids is 1. The highest BCUT2D eigenvalue weighted by molar-refractivity contribution is 5.97. The smallest absolute Gasteiger partial charge is 0.185 e. The molecule has 0 radical (unpaired) electrons. The molecule has 0 aliphatic carbocycles. The summed E-state index contributed by atoms with van der Waals surface area (Å²) >= 11 is 0. The van der Waals surface area contributed by atoms with Gasteiger partial charge in [-0.25, -0.2) is 9.37 Å². The van der Waals surface area contributed by atoms with Crippen LogP contribution in [0.3, 0.4) is 0 Å². The van der Waals surface area contributed by atoms with Crippen LogP contribution in [0.2, 0.25) is 0 Å². The summed E-state index contributed by atoms with van der Waals surface area (Å²) in [6.07, 6.45) is 4.32. The number of imidazole rings is 1. The van der Waals surface area contributed by atoms with Crippen LogP contribution in [0.15, 0.2) is 42.7 Å². The number of nitrogens with zero attached hydrogens (tertiary/aromatic N) is 4. The summed E-state index contributed by atoms with van der Waals surface area (Å²) in [6, 6.07) is 8.45. The predicted molar refractivity (Wildman–Crippen MR) is 152 cm³/mol. The van der Waals surface area contributed by atoms with Gasteiger partial charge in [0.25, 0.3) is 0 Å². The van der Waals surface area contributed by atoms with Gasteiger partial charge in [-0.05, 0) is 38.2 Å². The van der Waals surface area contributed by atoms with Crippen molar-refractivity contribution >= 4 is 11.4 Å². The van der Waals surface area contributed by atoms with Crippen LogP contribution in [0.5, 0.6) is 5.75 Å². The molecule has 0 saturated heterocycles. The number of carbonyl (C=O) groups is 1. The van der Waals surface area contributed by atoms with Crippen molar-refractivity contribution in [3.8, 4) is 16.9 Å². The fraction of sp³-hybridized carbons (Fsp3) is 0.433. The Morgan fingerprint density at radius 2 is 1.84 bits per heavy atom. The summed E-state index contributed by atoms with van der Waals surface area (Å²) in [5.74, 6) is -0.0506. The molecule has 4 rings (SSSR count). The Bertz CT molecular complexity index is 1340. The Kier molecular flexibility index (Phi) is 11.7. The zero-order chi connectivity index (χ0) is 28.4. The molecule has 7 nitrogen and oxygen atoms in total. The van der Waals surface area contributed by atoms with E-state index >= 15 is 0 Å². The maximum absolute atomic E-state index is 14.1. The topological polar surface area (TPSA) is 73.5 Å². The molecule has 3 aromatic heterocycles. The Labute approximate surface area is 226 Å². The Morgan fingerprint density at radius 3 is 2.50 bits per heavy atom. The quantitative estimate of drug-likeness (QED) is 0.257. The minimum absolute atomic E-state index is 0.0103. The molecule has 1 aromatic carbocycles. The van der Waals surface area contributed by atoms with E-state index in [1.54, 1.807) is 10.7 Å².